The summed E-state index contributed by atoms with van der Waals surface area (Å²) in [5, 5.41) is 3.04. The van der Waals surface area contributed by atoms with Crippen molar-refractivity contribution >= 4 is 11.8 Å². The summed E-state index contributed by atoms with van der Waals surface area (Å²) in [5.41, 5.74) is 0.946. The summed E-state index contributed by atoms with van der Waals surface area (Å²) in [7, 11) is 0. The first-order valence-electron chi connectivity index (χ1n) is 11.8. The fourth-order valence-corrected chi connectivity index (χ4v) is 5.01. The van der Waals surface area contributed by atoms with Gasteiger partial charge < -0.3 is 10.2 Å². The first-order valence-corrected chi connectivity index (χ1v) is 11.8. The van der Waals surface area contributed by atoms with Gasteiger partial charge in [-0.2, -0.15) is 0 Å². The van der Waals surface area contributed by atoms with Crippen molar-refractivity contribution in [3.8, 4) is 0 Å². The Kier molecular flexibility index (Phi) is 5.91. The van der Waals surface area contributed by atoms with E-state index in [1.54, 1.807) is 24.3 Å². The summed E-state index contributed by atoms with van der Waals surface area (Å²) in [6, 6.07) is 12.8. The van der Waals surface area contributed by atoms with Gasteiger partial charge in [0.2, 0.25) is 11.8 Å². The van der Waals surface area contributed by atoms with Crippen molar-refractivity contribution in [2.45, 2.75) is 44.2 Å². The van der Waals surface area contributed by atoms with Crippen LogP contribution in [0.3, 0.4) is 0 Å². The smallest absolute Gasteiger partial charge is 0.238 e. The molecule has 0 bridgehead atoms. The van der Waals surface area contributed by atoms with Crippen LogP contribution >= 0.6 is 0 Å². The third kappa shape index (κ3) is 4.38. The number of halogens is 2. The highest BCUT2D eigenvalue weighted by molar-refractivity contribution is 6.06. The lowest BCUT2D eigenvalue weighted by atomic mass is 9.67. The van der Waals surface area contributed by atoms with Crippen LogP contribution in [0.25, 0.3) is 0 Å². The molecule has 5 rings (SSSR count). The molecule has 0 aromatic heterocycles. The van der Waals surface area contributed by atoms with Crippen molar-refractivity contribution in [1.82, 2.24) is 15.1 Å². The average Bonchev–Trinajstić information content (AvgIpc) is 3.60. The van der Waals surface area contributed by atoms with E-state index in [1.807, 2.05) is 4.90 Å². The van der Waals surface area contributed by atoms with E-state index in [4.69, 9.17) is 0 Å². The number of amides is 2. The Bertz CT molecular complexity index is 963. The van der Waals surface area contributed by atoms with Crippen LogP contribution in [0.2, 0.25) is 0 Å². The fourth-order valence-electron chi connectivity index (χ4n) is 5.01. The van der Waals surface area contributed by atoms with Gasteiger partial charge in [-0.15, -0.1) is 0 Å². The molecule has 3 aliphatic rings. The zero-order valence-corrected chi connectivity index (χ0v) is 18.6. The normalized spacial score (nSPS) is 20.4. The second-order valence-corrected chi connectivity index (χ2v) is 9.52. The number of carbonyl (C=O) groups excluding carboxylic acids is 2. The zero-order valence-electron chi connectivity index (χ0n) is 18.6. The lowest BCUT2D eigenvalue weighted by Crippen LogP contribution is -2.60. The van der Waals surface area contributed by atoms with Gasteiger partial charge in [-0.3, -0.25) is 14.5 Å². The van der Waals surface area contributed by atoms with Crippen LogP contribution in [0.5, 0.6) is 0 Å². The third-order valence-electron chi connectivity index (χ3n) is 7.30. The molecule has 3 fully saturated rings. The molecule has 5 nitrogen and oxygen atoms in total. The van der Waals surface area contributed by atoms with Gasteiger partial charge in [-0.25, -0.2) is 8.78 Å². The molecular formula is C26H29F2N3O2. The van der Waals surface area contributed by atoms with Gasteiger partial charge >= 0.3 is 0 Å². The lowest BCUT2D eigenvalue weighted by molar-refractivity contribution is -0.158. The number of hydrogen-bond donors (Lipinski definition) is 1. The van der Waals surface area contributed by atoms with Crippen LogP contribution in [0.1, 0.15) is 49.3 Å². The number of nitrogens with one attached hydrogen (secondary N) is 1. The Morgan fingerprint density at radius 1 is 0.848 bits per heavy atom. The lowest BCUT2D eigenvalue weighted by Gasteiger charge is -2.45. The Morgan fingerprint density at radius 3 is 1.79 bits per heavy atom. The van der Waals surface area contributed by atoms with Crippen molar-refractivity contribution < 1.29 is 18.4 Å². The van der Waals surface area contributed by atoms with Crippen LogP contribution in [-0.2, 0) is 9.59 Å². The van der Waals surface area contributed by atoms with Crippen molar-refractivity contribution in [2.75, 3.05) is 26.2 Å². The van der Waals surface area contributed by atoms with Crippen LogP contribution in [-0.4, -0.2) is 53.8 Å². The van der Waals surface area contributed by atoms with Gasteiger partial charge in [0.1, 0.15) is 17.0 Å². The number of nitrogens with zero attached hydrogens (tertiary/aromatic N) is 2. The van der Waals surface area contributed by atoms with E-state index in [1.165, 1.54) is 24.3 Å². The highest BCUT2D eigenvalue weighted by Crippen LogP contribution is 2.44. The molecule has 2 saturated carbocycles. The van der Waals surface area contributed by atoms with E-state index in [2.05, 4.69) is 10.2 Å². The molecular weight excluding hydrogens is 424 g/mol. The van der Waals surface area contributed by atoms with E-state index in [-0.39, 0.29) is 35.5 Å². The topological polar surface area (TPSA) is 52.7 Å². The molecule has 1 aliphatic heterocycles. The van der Waals surface area contributed by atoms with Gasteiger partial charge in [-0.1, -0.05) is 30.7 Å². The molecule has 0 atom stereocenters. The summed E-state index contributed by atoms with van der Waals surface area (Å²) in [5.74, 6) is -0.754. The highest BCUT2D eigenvalue weighted by Gasteiger charge is 2.53. The summed E-state index contributed by atoms with van der Waals surface area (Å²) in [6.45, 7) is 2.28. The molecule has 2 aromatic rings. The van der Waals surface area contributed by atoms with Crippen LogP contribution in [0, 0.1) is 17.0 Å². The molecule has 2 aromatic carbocycles. The van der Waals surface area contributed by atoms with Crippen molar-refractivity contribution in [3.63, 3.8) is 0 Å². The van der Waals surface area contributed by atoms with E-state index in [0.29, 0.717) is 39.0 Å². The maximum Gasteiger partial charge on any atom is 0.238 e. The third-order valence-corrected chi connectivity index (χ3v) is 7.30. The molecule has 1 N–H and O–H groups in total. The Balaban J connectivity index is 1.31. The molecule has 2 amide bonds. The second kappa shape index (κ2) is 8.86. The SMILES string of the molecule is O=C(NC1CC1)C1(C(=O)N2CCN(C(c3ccc(F)cc3)c3ccc(F)cc3)CC2)CCC1. The standard InChI is InChI=1S/C26H29F2N3O2/c27-20-6-2-18(3-7-20)23(19-4-8-21(28)9-5-19)30-14-16-31(17-15-30)25(33)26(12-1-13-26)24(32)29-22-10-11-22/h2-9,22-23H,1,10-17H2,(H,29,32). The summed E-state index contributed by atoms with van der Waals surface area (Å²) in [4.78, 5) is 30.3. The predicted molar refractivity (Wildman–Crippen MR) is 120 cm³/mol. The number of benzene rings is 2. The molecule has 0 spiro atoms. The molecule has 7 heteroatoms. The Labute approximate surface area is 192 Å². The summed E-state index contributed by atoms with van der Waals surface area (Å²) in [6.07, 6.45) is 4.16. The van der Waals surface area contributed by atoms with E-state index >= 15 is 0 Å². The Morgan fingerprint density at radius 2 is 1.36 bits per heavy atom. The minimum absolute atomic E-state index is 0.0494. The first-order chi connectivity index (χ1) is 16.0. The average molecular weight is 454 g/mol. The maximum atomic E-state index is 13.5. The second-order valence-electron chi connectivity index (χ2n) is 9.52. The molecule has 0 radical (unpaired) electrons. The van der Waals surface area contributed by atoms with Crippen LogP contribution in [0.4, 0.5) is 8.78 Å². The molecule has 174 valence electrons. The van der Waals surface area contributed by atoms with Crippen molar-refractivity contribution in [2.24, 2.45) is 5.41 Å². The highest BCUT2D eigenvalue weighted by atomic mass is 19.1. The molecule has 1 saturated heterocycles. The van der Waals surface area contributed by atoms with Gasteiger partial charge in [0.15, 0.2) is 0 Å². The number of carbonyl (C=O) groups is 2. The molecule has 2 aliphatic carbocycles. The Hall–Kier alpha value is -2.80. The summed E-state index contributed by atoms with van der Waals surface area (Å²) >= 11 is 0. The monoisotopic (exact) mass is 453 g/mol. The fraction of sp³-hybridized carbons (Fsp3) is 0.462. The van der Waals surface area contributed by atoms with E-state index < -0.39 is 5.41 Å². The molecule has 1 heterocycles. The zero-order chi connectivity index (χ0) is 23.0. The molecule has 0 unspecified atom stereocenters. The van der Waals surface area contributed by atoms with Crippen molar-refractivity contribution in [3.05, 3.63) is 71.3 Å². The number of rotatable bonds is 6. The number of hydrogen-bond acceptors (Lipinski definition) is 3. The first kappa shape index (κ1) is 22.0. The predicted octanol–water partition coefficient (Wildman–Crippen LogP) is 3.65. The largest absolute Gasteiger partial charge is 0.352 e. The van der Waals surface area contributed by atoms with Crippen LogP contribution < -0.4 is 5.32 Å². The minimum Gasteiger partial charge on any atom is -0.352 e. The van der Waals surface area contributed by atoms with Crippen LogP contribution in [0.15, 0.2) is 48.5 Å². The summed E-state index contributed by atoms with van der Waals surface area (Å²) < 4.78 is 27.1. The molecule has 33 heavy (non-hydrogen) atoms. The van der Waals surface area contributed by atoms with Gasteiger partial charge in [-0.05, 0) is 61.1 Å². The van der Waals surface area contributed by atoms with E-state index in [0.717, 1.165) is 30.4 Å². The van der Waals surface area contributed by atoms with Gasteiger partial charge in [0.25, 0.3) is 0 Å². The quantitative estimate of drug-likeness (QED) is 0.680. The van der Waals surface area contributed by atoms with E-state index in [9.17, 15) is 18.4 Å². The maximum absolute atomic E-state index is 13.5. The van der Waals surface area contributed by atoms with Gasteiger partial charge in [0, 0.05) is 32.2 Å². The number of piperazine rings is 1. The minimum atomic E-state index is -0.891. The van der Waals surface area contributed by atoms with Gasteiger partial charge in [0.05, 0.1) is 6.04 Å². The van der Waals surface area contributed by atoms with Crippen molar-refractivity contribution in [1.29, 1.82) is 0 Å².